The minimum atomic E-state index is -0.0999. The molecule has 2 heterocycles. The van der Waals surface area contributed by atoms with Crippen molar-refractivity contribution in [1.82, 2.24) is 10.3 Å². The van der Waals surface area contributed by atoms with Crippen LogP contribution in [0.25, 0.3) is 0 Å². The van der Waals surface area contributed by atoms with Gasteiger partial charge in [-0.05, 0) is 57.1 Å². The SMILES string of the molecule is O=C(NCCC1=CCCCC1)c1ccc(NCC2CCCO2)cn1. The maximum Gasteiger partial charge on any atom is 0.269 e. The molecule has 1 saturated heterocycles. The van der Waals surface area contributed by atoms with E-state index in [1.54, 1.807) is 12.3 Å². The van der Waals surface area contributed by atoms with E-state index in [1.807, 2.05) is 6.07 Å². The molecule has 1 aromatic rings. The molecule has 0 saturated carbocycles. The Labute approximate surface area is 143 Å². The van der Waals surface area contributed by atoms with Crippen LogP contribution in [0.5, 0.6) is 0 Å². The van der Waals surface area contributed by atoms with Gasteiger partial charge in [0.25, 0.3) is 5.91 Å². The molecule has 3 rings (SSSR count). The first-order valence-corrected chi connectivity index (χ1v) is 9.09. The molecule has 1 unspecified atom stereocenters. The lowest BCUT2D eigenvalue weighted by atomic mass is 9.97. The Morgan fingerprint density at radius 3 is 2.96 bits per heavy atom. The molecule has 5 heteroatoms. The van der Waals surface area contributed by atoms with Crippen LogP contribution in [0.3, 0.4) is 0 Å². The molecule has 0 spiro atoms. The number of hydrogen-bond donors (Lipinski definition) is 2. The van der Waals surface area contributed by atoms with Crippen molar-refractivity contribution in [3.63, 3.8) is 0 Å². The standard InChI is InChI=1S/C19H27N3O2/c23-19(20-11-10-15-5-2-1-3-6-15)18-9-8-16(13-22-18)21-14-17-7-4-12-24-17/h5,8-9,13,17,21H,1-4,6-7,10-12,14H2,(H,20,23). The maximum absolute atomic E-state index is 12.1. The third kappa shape index (κ3) is 5.06. The number of carbonyl (C=O) groups excluding carboxylic acids is 1. The highest BCUT2D eigenvalue weighted by molar-refractivity contribution is 5.92. The first kappa shape index (κ1) is 17.0. The van der Waals surface area contributed by atoms with Gasteiger partial charge in [-0.2, -0.15) is 0 Å². The summed E-state index contributed by atoms with van der Waals surface area (Å²) in [5.74, 6) is -0.0999. The predicted molar refractivity (Wildman–Crippen MR) is 95.2 cm³/mol. The Hall–Kier alpha value is -1.88. The number of pyridine rings is 1. The van der Waals surface area contributed by atoms with Crippen LogP contribution < -0.4 is 10.6 Å². The molecule has 24 heavy (non-hydrogen) atoms. The molecule has 1 atom stereocenters. The summed E-state index contributed by atoms with van der Waals surface area (Å²) in [6.45, 7) is 2.34. The van der Waals surface area contributed by atoms with Crippen molar-refractivity contribution in [2.45, 2.75) is 51.0 Å². The summed E-state index contributed by atoms with van der Waals surface area (Å²) in [5, 5.41) is 6.27. The summed E-state index contributed by atoms with van der Waals surface area (Å²) in [4.78, 5) is 16.4. The van der Waals surface area contributed by atoms with E-state index in [2.05, 4.69) is 21.7 Å². The smallest absolute Gasteiger partial charge is 0.269 e. The number of nitrogens with one attached hydrogen (secondary N) is 2. The average Bonchev–Trinajstić information content (AvgIpc) is 3.15. The number of aromatic nitrogens is 1. The van der Waals surface area contributed by atoms with E-state index in [0.717, 1.165) is 38.1 Å². The van der Waals surface area contributed by atoms with Gasteiger partial charge in [0.1, 0.15) is 5.69 Å². The van der Waals surface area contributed by atoms with Gasteiger partial charge >= 0.3 is 0 Å². The molecule has 0 radical (unpaired) electrons. The fourth-order valence-electron chi connectivity index (χ4n) is 3.23. The molecule has 1 aliphatic carbocycles. The Morgan fingerprint density at radius 2 is 2.25 bits per heavy atom. The van der Waals surface area contributed by atoms with Crippen LogP contribution in [-0.4, -0.2) is 36.7 Å². The van der Waals surface area contributed by atoms with Crippen LogP contribution in [0.15, 0.2) is 30.0 Å². The van der Waals surface area contributed by atoms with Crippen molar-refractivity contribution < 1.29 is 9.53 Å². The van der Waals surface area contributed by atoms with Crippen molar-refractivity contribution in [2.24, 2.45) is 0 Å². The van der Waals surface area contributed by atoms with Gasteiger partial charge in [-0.3, -0.25) is 4.79 Å². The number of amides is 1. The number of allylic oxidation sites excluding steroid dienone is 1. The van der Waals surface area contributed by atoms with Crippen molar-refractivity contribution in [3.8, 4) is 0 Å². The molecular weight excluding hydrogens is 302 g/mol. The first-order chi connectivity index (χ1) is 11.8. The van der Waals surface area contributed by atoms with Crippen LogP contribution in [-0.2, 0) is 4.74 Å². The molecule has 0 aromatic carbocycles. The zero-order chi connectivity index (χ0) is 16.6. The molecule has 2 aliphatic rings. The highest BCUT2D eigenvalue weighted by Crippen LogP contribution is 2.19. The quantitative estimate of drug-likeness (QED) is 0.754. The van der Waals surface area contributed by atoms with Gasteiger partial charge in [-0.15, -0.1) is 0 Å². The monoisotopic (exact) mass is 329 g/mol. The minimum Gasteiger partial charge on any atom is -0.381 e. The van der Waals surface area contributed by atoms with Crippen LogP contribution in [0.4, 0.5) is 5.69 Å². The van der Waals surface area contributed by atoms with E-state index in [0.29, 0.717) is 18.3 Å². The zero-order valence-corrected chi connectivity index (χ0v) is 14.2. The third-order valence-electron chi connectivity index (χ3n) is 4.67. The molecule has 130 valence electrons. The van der Waals surface area contributed by atoms with Crippen molar-refractivity contribution in [3.05, 3.63) is 35.7 Å². The molecule has 1 aromatic heterocycles. The van der Waals surface area contributed by atoms with E-state index in [-0.39, 0.29) is 5.91 Å². The molecule has 0 bridgehead atoms. The summed E-state index contributed by atoms with van der Waals surface area (Å²) < 4.78 is 5.58. The molecule has 2 N–H and O–H groups in total. The van der Waals surface area contributed by atoms with E-state index in [9.17, 15) is 4.79 Å². The number of carbonyl (C=O) groups is 1. The number of rotatable bonds is 7. The Morgan fingerprint density at radius 1 is 1.29 bits per heavy atom. The fraction of sp³-hybridized carbons (Fsp3) is 0.579. The number of nitrogens with zero attached hydrogens (tertiary/aromatic N) is 1. The lowest BCUT2D eigenvalue weighted by Crippen LogP contribution is -2.26. The van der Waals surface area contributed by atoms with Gasteiger partial charge in [0.05, 0.1) is 18.0 Å². The number of ether oxygens (including phenoxy) is 1. The topological polar surface area (TPSA) is 63.2 Å². The average molecular weight is 329 g/mol. The largest absolute Gasteiger partial charge is 0.381 e. The second kappa shape index (κ2) is 8.83. The van der Waals surface area contributed by atoms with Gasteiger partial charge in [0, 0.05) is 19.7 Å². The van der Waals surface area contributed by atoms with Crippen molar-refractivity contribution in [2.75, 3.05) is 25.0 Å². The van der Waals surface area contributed by atoms with Gasteiger partial charge in [-0.25, -0.2) is 4.98 Å². The van der Waals surface area contributed by atoms with Gasteiger partial charge in [-0.1, -0.05) is 11.6 Å². The van der Waals surface area contributed by atoms with Gasteiger partial charge in [0.2, 0.25) is 0 Å². The summed E-state index contributed by atoms with van der Waals surface area (Å²) >= 11 is 0. The van der Waals surface area contributed by atoms with Crippen LogP contribution >= 0.6 is 0 Å². The van der Waals surface area contributed by atoms with E-state index in [4.69, 9.17) is 4.74 Å². The molecule has 1 aliphatic heterocycles. The van der Waals surface area contributed by atoms with Gasteiger partial charge in [0.15, 0.2) is 0 Å². The number of anilines is 1. The Bertz CT molecular complexity index is 562. The van der Waals surface area contributed by atoms with E-state index < -0.39 is 0 Å². The molecule has 1 fully saturated rings. The van der Waals surface area contributed by atoms with E-state index >= 15 is 0 Å². The Kier molecular flexibility index (Phi) is 6.24. The highest BCUT2D eigenvalue weighted by atomic mass is 16.5. The van der Waals surface area contributed by atoms with Gasteiger partial charge < -0.3 is 15.4 Å². The third-order valence-corrected chi connectivity index (χ3v) is 4.67. The predicted octanol–water partition coefficient (Wildman–Crippen LogP) is 3.29. The van der Waals surface area contributed by atoms with Crippen molar-refractivity contribution in [1.29, 1.82) is 0 Å². The lowest BCUT2D eigenvalue weighted by Gasteiger charge is -2.13. The summed E-state index contributed by atoms with van der Waals surface area (Å²) in [6, 6.07) is 3.67. The lowest BCUT2D eigenvalue weighted by molar-refractivity contribution is 0.0949. The fourth-order valence-corrected chi connectivity index (χ4v) is 3.23. The maximum atomic E-state index is 12.1. The second-order valence-electron chi connectivity index (χ2n) is 6.56. The highest BCUT2D eigenvalue weighted by Gasteiger charge is 2.15. The molecule has 1 amide bonds. The minimum absolute atomic E-state index is 0.0999. The number of hydrogen-bond acceptors (Lipinski definition) is 4. The second-order valence-corrected chi connectivity index (χ2v) is 6.56. The Balaban J connectivity index is 1.40. The van der Waals surface area contributed by atoms with Crippen molar-refractivity contribution >= 4 is 11.6 Å². The molecule has 5 nitrogen and oxygen atoms in total. The summed E-state index contributed by atoms with van der Waals surface area (Å²) in [7, 11) is 0. The van der Waals surface area contributed by atoms with Crippen LogP contribution in [0.2, 0.25) is 0 Å². The normalized spacial score (nSPS) is 20.5. The zero-order valence-electron chi connectivity index (χ0n) is 14.2. The summed E-state index contributed by atoms with van der Waals surface area (Å²) in [5.41, 5.74) is 2.87. The van der Waals surface area contributed by atoms with Crippen LogP contribution in [0.1, 0.15) is 55.4 Å². The first-order valence-electron chi connectivity index (χ1n) is 9.09. The van der Waals surface area contributed by atoms with Crippen LogP contribution in [0, 0.1) is 0 Å². The van der Waals surface area contributed by atoms with E-state index in [1.165, 1.54) is 31.3 Å². The summed E-state index contributed by atoms with van der Waals surface area (Å²) in [6.07, 6.45) is 12.5. The molecular formula is C19H27N3O2.